The minimum Gasteiger partial charge on any atom is -0.347 e. The van der Waals surface area contributed by atoms with Crippen LogP contribution in [0.4, 0.5) is 0 Å². The summed E-state index contributed by atoms with van der Waals surface area (Å²) in [4.78, 5) is 2.24. The molecule has 0 amide bonds. The quantitative estimate of drug-likeness (QED) is 0.557. The Balaban J connectivity index is 2.80. The lowest BCUT2D eigenvalue weighted by molar-refractivity contribution is 0.372. The molecule has 0 aliphatic carbocycles. The van der Waals surface area contributed by atoms with E-state index in [1.807, 2.05) is 0 Å². The average molecular weight is 151 g/mol. The predicted octanol–water partition coefficient (Wildman–Crippen LogP) is 2.76. The summed E-state index contributed by atoms with van der Waals surface area (Å²) >= 11 is 0. The van der Waals surface area contributed by atoms with Crippen molar-refractivity contribution in [3.8, 4) is 0 Å². The zero-order valence-electron chi connectivity index (χ0n) is 7.72. The van der Waals surface area contributed by atoms with E-state index < -0.39 is 0 Å². The van der Waals surface area contributed by atoms with Crippen molar-refractivity contribution in [2.24, 2.45) is 5.92 Å². The second kappa shape index (κ2) is 2.72. The molecule has 0 aromatic heterocycles. The van der Waals surface area contributed by atoms with Crippen LogP contribution in [-0.4, -0.2) is 10.9 Å². The van der Waals surface area contributed by atoms with Gasteiger partial charge in [-0.2, -0.15) is 0 Å². The van der Waals surface area contributed by atoms with E-state index in [1.54, 1.807) is 0 Å². The topological polar surface area (TPSA) is 3.24 Å². The van der Waals surface area contributed by atoms with E-state index in [4.69, 9.17) is 0 Å². The van der Waals surface area contributed by atoms with Crippen molar-refractivity contribution in [1.82, 2.24) is 4.90 Å². The van der Waals surface area contributed by atoms with Gasteiger partial charge in [0.15, 0.2) is 0 Å². The Morgan fingerprint density at radius 2 is 2.00 bits per heavy atom. The van der Waals surface area contributed by atoms with Crippen molar-refractivity contribution < 1.29 is 0 Å². The largest absolute Gasteiger partial charge is 0.347 e. The third-order valence-electron chi connectivity index (χ3n) is 2.28. The van der Waals surface area contributed by atoms with Crippen molar-refractivity contribution in [1.29, 1.82) is 0 Å². The molecule has 1 rings (SSSR count). The Labute approximate surface area is 69.4 Å². The van der Waals surface area contributed by atoms with E-state index in [2.05, 4.69) is 38.8 Å². The molecule has 1 heterocycles. The molecule has 1 nitrogen and oxygen atoms in total. The van der Waals surface area contributed by atoms with Gasteiger partial charge < -0.3 is 4.90 Å². The first kappa shape index (κ1) is 8.38. The van der Waals surface area contributed by atoms with Gasteiger partial charge in [0.2, 0.25) is 0 Å². The van der Waals surface area contributed by atoms with Gasteiger partial charge in [0, 0.05) is 23.4 Å². The molecule has 1 heteroatoms. The molecule has 0 spiro atoms. The van der Waals surface area contributed by atoms with Gasteiger partial charge in [0.25, 0.3) is 0 Å². The second-order valence-corrected chi connectivity index (χ2v) is 3.63. The summed E-state index contributed by atoms with van der Waals surface area (Å²) < 4.78 is 0. The molecule has 11 heavy (non-hydrogen) atoms. The van der Waals surface area contributed by atoms with Crippen LogP contribution in [0.1, 0.15) is 27.2 Å². The molecule has 0 bridgehead atoms. The number of rotatable bonds is 1. The summed E-state index contributed by atoms with van der Waals surface area (Å²) in [6.45, 7) is 14.6. The molecule has 1 aliphatic heterocycles. The fraction of sp³-hybridized carbons (Fsp3) is 0.600. The monoisotopic (exact) mass is 151 g/mol. The highest BCUT2D eigenvalue weighted by atomic mass is 15.2. The smallest absolute Gasteiger partial charge is 0.0279 e. The van der Waals surface area contributed by atoms with E-state index in [9.17, 15) is 0 Å². The van der Waals surface area contributed by atoms with Gasteiger partial charge in [-0.15, -0.1) is 0 Å². The molecular formula is C10H17N. The van der Waals surface area contributed by atoms with Crippen LogP contribution in [0.25, 0.3) is 0 Å². The maximum absolute atomic E-state index is 4.05. The van der Waals surface area contributed by atoms with Crippen molar-refractivity contribution in [3.63, 3.8) is 0 Å². The van der Waals surface area contributed by atoms with Crippen LogP contribution in [0.5, 0.6) is 0 Å². The van der Waals surface area contributed by atoms with Crippen LogP contribution in [0, 0.1) is 5.92 Å². The molecule has 0 aromatic rings. The van der Waals surface area contributed by atoms with Gasteiger partial charge in [-0.1, -0.05) is 20.1 Å². The Morgan fingerprint density at radius 1 is 1.45 bits per heavy atom. The summed E-state index contributed by atoms with van der Waals surface area (Å²) in [5.74, 6) is 0.588. The van der Waals surface area contributed by atoms with Gasteiger partial charge in [-0.3, -0.25) is 0 Å². The summed E-state index contributed by atoms with van der Waals surface area (Å²) in [5, 5.41) is 0. The van der Waals surface area contributed by atoms with Crippen LogP contribution in [0.3, 0.4) is 0 Å². The molecule has 0 aromatic carbocycles. The van der Waals surface area contributed by atoms with E-state index in [0.717, 1.165) is 6.42 Å². The Bertz CT molecular complexity index is 191. The third-order valence-corrected chi connectivity index (χ3v) is 2.28. The first-order valence-electron chi connectivity index (χ1n) is 4.20. The molecule has 1 aliphatic rings. The predicted molar refractivity (Wildman–Crippen MR) is 49.0 cm³/mol. The van der Waals surface area contributed by atoms with Crippen molar-refractivity contribution in [2.45, 2.75) is 33.2 Å². The van der Waals surface area contributed by atoms with Crippen LogP contribution >= 0.6 is 0 Å². The third kappa shape index (κ3) is 1.32. The summed E-state index contributed by atoms with van der Waals surface area (Å²) in [5.41, 5.74) is 2.45. The fourth-order valence-corrected chi connectivity index (χ4v) is 1.71. The zero-order chi connectivity index (χ0) is 8.59. The fourth-order valence-electron chi connectivity index (χ4n) is 1.71. The lowest BCUT2D eigenvalue weighted by atomic mass is 10.1. The van der Waals surface area contributed by atoms with Gasteiger partial charge in [0.05, 0.1) is 0 Å². The Hall–Kier alpha value is -0.720. The van der Waals surface area contributed by atoms with E-state index in [0.29, 0.717) is 12.0 Å². The van der Waals surface area contributed by atoms with E-state index in [-0.39, 0.29) is 0 Å². The van der Waals surface area contributed by atoms with Crippen LogP contribution in [0.15, 0.2) is 24.6 Å². The number of hydrogen-bond donors (Lipinski definition) is 0. The standard InChI is InChI=1S/C10H17N/c1-7(2)11-9(4)6-8(3)10(11)5/h7-8H,4-6H2,1-3H3. The minimum atomic E-state index is 0.514. The SMILES string of the molecule is C=C1CC(C)C(=C)N1C(C)C. The van der Waals surface area contributed by atoms with Crippen LogP contribution < -0.4 is 0 Å². The zero-order valence-corrected chi connectivity index (χ0v) is 7.72. The molecule has 0 N–H and O–H groups in total. The van der Waals surface area contributed by atoms with Crippen molar-refractivity contribution in [2.75, 3.05) is 0 Å². The highest BCUT2D eigenvalue weighted by Crippen LogP contribution is 2.34. The Morgan fingerprint density at radius 3 is 2.18 bits per heavy atom. The van der Waals surface area contributed by atoms with E-state index >= 15 is 0 Å². The molecule has 62 valence electrons. The molecular weight excluding hydrogens is 134 g/mol. The van der Waals surface area contributed by atoms with E-state index in [1.165, 1.54) is 11.4 Å². The summed E-state index contributed by atoms with van der Waals surface area (Å²) in [6, 6.07) is 0.514. The highest BCUT2D eigenvalue weighted by molar-refractivity contribution is 5.19. The maximum atomic E-state index is 4.05. The summed E-state index contributed by atoms with van der Waals surface area (Å²) in [7, 11) is 0. The maximum Gasteiger partial charge on any atom is 0.0279 e. The molecule has 0 radical (unpaired) electrons. The lowest BCUT2D eigenvalue weighted by Gasteiger charge is -2.25. The second-order valence-electron chi connectivity index (χ2n) is 3.63. The number of likely N-dealkylation sites (tertiary alicyclic amines) is 1. The number of nitrogens with zero attached hydrogens (tertiary/aromatic N) is 1. The van der Waals surface area contributed by atoms with Crippen molar-refractivity contribution >= 4 is 0 Å². The average Bonchev–Trinajstić information content (AvgIpc) is 2.07. The van der Waals surface area contributed by atoms with Gasteiger partial charge >= 0.3 is 0 Å². The van der Waals surface area contributed by atoms with Crippen LogP contribution in [0.2, 0.25) is 0 Å². The molecule has 1 saturated heterocycles. The van der Waals surface area contributed by atoms with Gasteiger partial charge in [-0.25, -0.2) is 0 Å². The molecule has 0 saturated carbocycles. The van der Waals surface area contributed by atoms with Crippen LogP contribution in [-0.2, 0) is 0 Å². The molecule has 1 fully saturated rings. The van der Waals surface area contributed by atoms with Gasteiger partial charge in [0.1, 0.15) is 0 Å². The highest BCUT2D eigenvalue weighted by Gasteiger charge is 2.27. The number of allylic oxidation sites excluding steroid dienone is 2. The van der Waals surface area contributed by atoms with Gasteiger partial charge in [-0.05, 0) is 20.3 Å². The number of hydrogen-bond acceptors (Lipinski definition) is 1. The molecule has 1 atom stereocenters. The lowest BCUT2D eigenvalue weighted by Crippen LogP contribution is -2.24. The summed E-state index contributed by atoms with van der Waals surface area (Å²) in [6.07, 6.45) is 1.08. The first-order chi connectivity index (χ1) is 5.04. The molecule has 1 unspecified atom stereocenters. The first-order valence-corrected chi connectivity index (χ1v) is 4.20. The minimum absolute atomic E-state index is 0.514. The normalized spacial score (nSPS) is 25.5. The Kier molecular flexibility index (Phi) is 2.08. The van der Waals surface area contributed by atoms with Crippen molar-refractivity contribution in [3.05, 3.63) is 24.6 Å².